The molecule has 9 nitrogen and oxygen atoms in total. The summed E-state index contributed by atoms with van der Waals surface area (Å²) in [5.74, 6) is -0.142. The number of ether oxygens (including phenoxy) is 1. The van der Waals surface area contributed by atoms with Crippen molar-refractivity contribution < 1.29 is 27.9 Å². The van der Waals surface area contributed by atoms with Crippen molar-refractivity contribution in [2.24, 2.45) is 0 Å². The predicted octanol–water partition coefficient (Wildman–Crippen LogP) is 3.63. The first-order chi connectivity index (χ1) is 19.8. The zero-order valence-electron chi connectivity index (χ0n) is 22.3. The van der Waals surface area contributed by atoms with Crippen LogP contribution in [0.3, 0.4) is 0 Å². The van der Waals surface area contributed by atoms with Gasteiger partial charge in [0.1, 0.15) is 11.8 Å². The van der Waals surface area contributed by atoms with Gasteiger partial charge in [-0.15, -0.1) is 0 Å². The number of imide groups is 1. The molecule has 11 heteroatoms. The van der Waals surface area contributed by atoms with E-state index in [-0.39, 0.29) is 23.7 Å². The Kier molecular flexibility index (Phi) is 6.15. The molecule has 4 aliphatic rings. The minimum atomic E-state index is -2.66. The molecule has 1 N–H and O–H groups in total. The summed E-state index contributed by atoms with van der Waals surface area (Å²) in [5.41, 5.74) is 5.04. The van der Waals surface area contributed by atoms with Gasteiger partial charge in [0.15, 0.2) is 0 Å². The summed E-state index contributed by atoms with van der Waals surface area (Å²) in [7, 11) is 0. The summed E-state index contributed by atoms with van der Waals surface area (Å²) in [4.78, 5) is 41.2. The lowest BCUT2D eigenvalue weighted by Gasteiger charge is -2.38. The maximum atomic E-state index is 13.2. The van der Waals surface area contributed by atoms with Gasteiger partial charge in [-0.05, 0) is 55.6 Å². The highest BCUT2D eigenvalue weighted by atomic mass is 19.3. The van der Waals surface area contributed by atoms with E-state index >= 15 is 0 Å². The van der Waals surface area contributed by atoms with E-state index in [2.05, 4.69) is 15.3 Å². The number of nitrogens with one attached hydrogen (secondary N) is 1. The maximum Gasteiger partial charge on any atom is 0.333 e. The standard InChI is InChI=1S/C30H29F2N5O4/c31-29(32)37-15-20(13-33-37)19-3-1-2-18(12-19)14-35-10-8-30(9-11-35)17-41-26-22-16-36(24-6-7-25(38)34-27(24)39)28(40)21(22)4-5-23(26)30/h1-5,12-13,15,24,29H,6-11,14,16-17H2,(H,34,38,39)/t24-/m0/s1. The quantitative estimate of drug-likeness (QED) is 0.478. The third-order valence-corrected chi connectivity index (χ3v) is 9.01. The Bertz CT molecular complexity index is 1560. The molecule has 7 rings (SSSR count). The smallest absolute Gasteiger partial charge is 0.333 e. The first-order valence-corrected chi connectivity index (χ1v) is 13.9. The molecular formula is C30H29F2N5O4. The molecule has 0 radical (unpaired) electrons. The number of nitrogens with zero attached hydrogens (tertiary/aromatic N) is 4. The first kappa shape index (κ1) is 25.8. The minimum absolute atomic E-state index is 0.127. The maximum absolute atomic E-state index is 13.2. The van der Waals surface area contributed by atoms with Crippen LogP contribution in [0, 0.1) is 0 Å². The number of halogens is 2. The van der Waals surface area contributed by atoms with E-state index in [1.807, 2.05) is 36.4 Å². The average molecular weight is 562 g/mol. The lowest BCUT2D eigenvalue weighted by Crippen LogP contribution is -2.52. The number of carbonyl (C=O) groups is 3. The molecule has 3 amide bonds. The number of alkyl halides is 2. The highest BCUT2D eigenvalue weighted by Crippen LogP contribution is 2.49. The summed E-state index contributed by atoms with van der Waals surface area (Å²) >= 11 is 0. The molecule has 4 aliphatic heterocycles. The van der Waals surface area contributed by atoms with Crippen molar-refractivity contribution >= 4 is 17.7 Å². The molecular weight excluding hydrogens is 532 g/mol. The fraction of sp³-hybridized carbons (Fsp3) is 0.400. The van der Waals surface area contributed by atoms with Crippen LogP contribution in [0.1, 0.15) is 59.3 Å². The van der Waals surface area contributed by atoms with Gasteiger partial charge in [0.05, 0.1) is 19.3 Å². The molecule has 2 saturated heterocycles. The monoisotopic (exact) mass is 561 g/mol. The number of piperidine rings is 2. The number of benzene rings is 2. The van der Waals surface area contributed by atoms with E-state index < -0.39 is 18.5 Å². The van der Waals surface area contributed by atoms with Crippen molar-refractivity contribution in [2.45, 2.75) is 56.8 Å². The normalized spacial score (nSPS) is 21.8. The van der Waals surface area contributed by atoms with E-state index in [0.717, 1.165) is 60.5 Å². The second-order valence-electron chi connectivity index (χ2n) is 11.4. The molecule has 3 aromatic rings. The first-order valence-electron chi connectivity index (χ1n) is 13.9. The van der Waals surface area contributed by atoms with Crippen LogP contribution in [0.4, 0.5) is 8.78 Å². The van der Waals surface area contributed by atoms with Crippen LogP contribution in [-0.4, -0.2) is 63.0 Å². The number of amides is 3. The highest BCUT2D eigenvalue weighted by molar-refractivity contribution is 6.05. The van der Waals surface area contributed by atoms with Crippen molar-refractivity contribution in [3.8, 4) is 16.9 Å². The molecule has 5 heterocycles. The Morgan fingerprint density at radius 2 is 1.93 bits per heavy atom. The molecule has 0 saturated carbocycles. The van der Waals surface area contributed by atoms with E-state index in [9.17, 15) is 23.2 Å². The zero-order chi connectivity index (χ0) is 28.3. The molecule has 41 heavy (non-hydrogen) atoms. The number of carbonyl (C=O) groups excluding carboxylic acids is 3. The topological polar surface area (TPSA) is 96.8 Å². The SMILES string of the molecule is O=C1CC[C@H](N2Cc3c(ccc4c3OCC43CCN(Cc4cccc(-c5cnn(C(F)F)c5)c4)CC3)C2=O)C(=O)N1. The fourth-order valence-electron chi connectivity index (χ4n) is 6.74. The highest BCUT2D eigenvalue weighted by Gasteiger charge is 2.47. The molecule has 2 fully saturated rings. The molecule has 0 unspecified atom stereocenters. The number of aromatic nitrogens is 2. The van der Waals surface area contributed by atoms with Crippen LogP contribution in [-0.2, 0) is 28.1 Å². The second kappa shape index (κ2) is 9.76. The van der Waals surface area contributed by atoms with Gasteiger partial charge in [-0.2, -0.15) is 13.9 Å². The molecule has 0 bridgehead atoms. The Labute approximate surface area is 235 Å². The van der Waals surface area contributed by atoms with Crippen molar-refractivity contribution in [2.75, 3.05) is 19.7 Å². The van der Waals surface area contributed by atoms with Gasteiger partial charge in [-0.1, -0.05) is 24.3 Å². The average Bonchev–Trinajstić information content (AvgIpc) is 3.68. The van der Waals surface area contributed by atoms with E-state index in [4.69, 9.17) is 4.74 Å². The summed E-state index contributed by atoms with van der Waals surface area (Å²) < 4.78 is 32.8. The van der Waals surface area contributed by atoms with Crippen LogP contribution in [0.15, 0.2) is 48.8 Å². The second-order valence-corrected chi connectivity index (χ2v) is 11.4. The molecule has 0 aliphatic carbocycles. The predicted molar refractivity (Wildman–Crippen MR) is 143 cm³/mol. The van der Waals surface area contributed by atoms with Crippen molar-refractivity contribution in [3.63, 3.8) is 0 Å². The van der Waals surface area contributed by atoms with Gasteiger partial charge < -0.3 is 9.64 Å². The van der Waals surface area contributed by atoms with E-state index in [1.165, 1.54) is 12.4 Å². The summed E-state index contributed by atoms with van der Waals surface area (Å²) in [5, 5.41) is 6.10. The Morgan fingerprint density at radius 3 is 2.68 bits per heavy atom. The molecule has 2 aromatic carbocycles. The number of hydrogen-bond donors (Lipinski definition) is 1. The number of likely N-dealkylation sites (tertiary alicyclic amines) is 1. The molecule has 1 spiro atoms. The molecule has 1 atom stereocenters. The van der Waals surface area contributed by atoms with Gasteiger partial charge in [-0.3, -0.25) is 24.6 Å². The largest absolute Gasteiger partial charge is 0.492 e. The van der Waals surface area contributed by atoms with Crippen LogP contribution in [0.2, 0.25) is 0 Å². The Morgan fingerprint density at radius 1 is 1.10 bits per heavy atom. The van der Waals surface area contributed by atoms with Crippen molar-refractivity contribution in [1.82, 2.24) is 24.9 Å². The van der Waals surface area contributed by atoms with Crippen LogP contribution in [0.5, 0.6) is 5.75 Å². The van der Waals surface area contributed by atoms with Crippen LogP contribution >= 0.6 is 0 Å². The van der Waals surface area contributed by atoms with Crippen molar-refractivity contribution in [1.29, 1.82) is 0 Å². The van der Waals surface area contributed by atoms with Gasteiger partial charge in [0, 0.05) is 46.8 Å². The van der Waals surface area contributed by atoms with E-state index in [0.29, 0.717) is 35.4 Å². The van der Waals surface area contributed by atoms with Crippen molar-refractivity contribution in [3.05, 3.63) is 71.0 Å². The Balaban J connectivity index is 1.04. The lowest BCUT2D eigenvalue weighted by atomic mass is 9.74. The van der Waals surface area contributed by atoms with E-state index in [1.54, 1.807) is 4.90 Å². The van der Waals surface area contributed by atoms with Gasteiger partial charge in [-0.25, -0.2) is 4.68 Å². The lowest BCUT2D eigenvalue weighted by molar-refractivity contribution is -0.136. The van der Waals surface area contributed by atoms with Crippen LogP contribution in [0.25, 0.3) is 11.1 Å². The number of rotatable bonds is 5. The zero-order valence-corrected chi connectivity index (χ0v) is 22.3. The van der Waals surface area contributed by atoms with Gasteiger partial charge >= 0.3 is 6.55 Å². The molecule has 1 aromatic heterocycles. The fourth-order valence-corrected chi connectivity index (χ4v) is 6.74. The van der Waals surface area contributed by atoms with Gasteiger partial charge in [0.25, 0.3) is 5.91 Å². The summed E-state index contributed by atoms with van der Waals surface area (Å²) in [6, 6.07) is 11.2. The van der Waals surface area contributed by atoms with Crippen LogP contribution < -0.4 is 10.1 Å². The number of hydrogen-bond acceptors (Lipinski definition) is 6. The third kappa shape index (κ3) is 4.39. The van der Waals surface area contributed by atoms with Gasteiger partial charge in [0.2, 0.25) is 11.8 Å². The Hall–Kier alpha value is -4.12. The summed E-state index contributed by atoms with van der Waals surface area (Å²) in [6.07, 6.45) is 5.19. The summed E-state index contributed by atoms with van der Waals surface area (Å²) in [6.45, 7) is 0.688. The number of fused-ring (bicyclic) bond motifs is 4. The molecule has 212 valence electrons. The minimum Gasteiger partial charge on any atom is -0.492 e. The third-order valence-electron chi connectivity index (χ3n) is 9.01.